The van der Waals surface area contributed by atoms with E-state index in [1.54, 1.807) is 13.2 Å². The first-order valence-electron chi connectivity index (χ1n) is 7.37. The first-order chi connectivity index (χ1) is 12.2. The first-order valence-corrected chi connectivity index (χ1v) is 8.13. The van der Waals surface area contributed by atoms with E-state index in [0.717, 1.165) is 11.1 Å². The highest BCUT2D eigenvalue weighted by Gasteiger charge is 2.13. The molecule has 1 aromatic heterocycles. The van der Waals surface area contributed by atoms with Crippen molar-refractivity contribution in [2.75, 3.05) is 12.4 Å². The van der Waals surface area contributed by atoms with E-state index in [-0.39, 0.29) is 6.61 Å². The third-order valence-corrected chi connectivity index (χ3v) is 4.06. The third kappa shape index (κ3) is 4.32. The van der Waals surface area contributed by atoms with Crippen LogP contribution in [0.15, 0.2) is 36.4 Å². The number of anilines is 1. The molecule has 0 aliphatic heterocycles. The minimum absolute atomic E-state index is 0.288. The molecular weight excluding hydrogens is 365 g/mol. The Hall–Kier alpha value is -2.51. The zero-order valence-electron chi connectivity index (χ0n) is 13.3. The topological polar surface area (TPSA) is 85.0 Å². The van der Waals surface area contributed by atoms with Crippen LogP contribution in [0, 0.1) is 0 Å². The molecule has 25 heavy (non-hydrogen) atoms. The Kier molecular flexibility index (Phi) is 5.57. The van der Waals surface area contributed by atoms with Crippen LogP contribution in [-0.4, -0.2) is 27.7 Å². The highest BCUT2D eigenvalue weighted by molar-refractivity contribution is 6.32. The summed E-state index contributed by atoms with van der Waals surface area (Å²) in [6.45, 7) is 0.747. The fourth-order valence-electron chi connectivity index (χ4n) is 2.20. The van der Waals surface area contributed by atoms with Crippen molar-refractivity contribution in [3.8, 4) is 11.5 Å². The van der Waals surface area contributed by atoms with Gasteiger partial charge in [0, 0.05) is 17.1 Å². The Balaban J connectivity index is 1.74. The molecular formula is C16H15Cl2N5O2. The van der Waals surface area contributed by atoms with E-state index >= 15 is 0 Å². The molecule has 0 amide bonds. The van der Waals surface area contributed by atoms with E-state index in [1.165, 1.54) is 0 Å². The van der Waals surface area contributed by atoms with E-state index in [0.29, 0.717) is 34.0 Å². The molecule has 2 aromatic carbocycles. The lowest BCUT2D eigenvalue weighted by atomic mass is 10.2. The molecule has 0 atom stereocenters. The maximum absolute atomic E-state index is 6.36. The first kappa shape index (κ1) is 17.3. The SMILES string of the molecule is COc1cc(CNc2nn[nH]n2)cc(Cl)c1OCc1ccccc1Cl. The molecule has 1 heterocycles. The normalized spacial score (nSPS) is 10.5. The minimum atomic E-state index is 0.288. The van der Waals surface area contributed by atoms with Crippen molar-refractivity contribution in [1.82, 2.24) is 20.6 Å². The number of hydrogen-bond donors (Lipinski definition) is 2. The molecule has 2 N–H and O–H groups in total. The molecule has 0 aliphatic rings. The molecule has 0 unspecified atom stereocenters. The van der Waals surface area contributed by atoms with Crippen LogP contribution in [0.25, 0.3) is 0 Å². The predicted molar refractivity (Wildman–Crippen MR) is 95.3 cm³/mol. The van der Waals surface area contributed by atoms with Crippen LogP contribution in [0.4, 0.5) is 5.95 Å². The largest absolute Gasteiger partial charge is 0.493 e. The Bertz CT molecular complexity index is 843. The number of nitrogens with zero attached hydrogens (tertiary/aromatic N) is 3. The number of aromatic nitrogens is 4. The number of ether oxygens (including phenoxy) is 2. The highest BCUT2D eigenvalue weighted by atomic mass is 35.5. The standard InChI is InChI=1S/C16H15Cl2N5O2/c1-24-14-7-10(8-19-16-20-22-23-21-16)6-13(18)15(14)25-9-11-4-2-3-5-12(11)17/h2-7H,8-9H2,1H3,(H2,19,20,21,22,23). The molecule has 9 heteroatoms. The third-order valence-electron chi connectivity index (χ3n) is 3.42. The van der Waals surface area contributed by atoms with Gasteiger partial charge in [-0.2, -0.15) is 5.21 Å². The molecule has 130 valence electrons. The molecule has 3 aromatic rings. The van der Waals surface area contributed by atoms with Crippen LogP contribution in [0.5, 0.6) is 11.5 Å². The number of rotatable bonds is 7. The Morgan fingerprint density at radius 1 is 1.16 bits per heavy atom. The average Bonchev–Trinajstić information content (AvgIpc) is 3.13. The summed E-state index contributed by atoms with van der Waals surface area (Å²) >= 11 is 12.5. The van der Waals surface area contributed by atoms with Crippen molar-refractivity contribution in [1.29, 1.82) is 0 Å². The zero-order chi connectivity index (χ0) is 17.6. The number of H-pyrrole nitrogens is 1. The molecule has 0 saturated carbocycles. The molecule has 0 saturated heterocycles. The van der Waals surface area contributed by atoms with Gasteiger partial charge < -0.3 is 14.8 Å². The van der Waals surface area contributed by atoms with Crippen LogP contribution < -0.4 is 14.8 Å². The van der Waals surface area contributed by atoms with Crippen LogP contribution >= 0.6 is 23.2 Å². The zero-order valence-corrected chi connectivity index (χ0v) is 14.8. The lowest BCUT2D eigenvalue weighted by Crippen LogP contribution is -2.03. The van der Waals surface area contributed by atoms with E-state index in [4.69, 9.17) is 32.7 Å². The van der Waals surface area contributed by atoms with Gasteiger partial charge >= 0.3 is 0 Å². The second-order valence-corrected chi connectivity index (χ2v) is 5.89. The second kappa shape index (κ2) is 8.04. The average molecular weight is 380 g/mol. The van der Waals surface area contributed by atoms with E-state index in [1.807, 2.05) is 30.3 Å². The number of aromatic amines is 1. The monoisotopic (exact) mass is 379 g/mol. The van der Waals surface area contributed by atoms with Gasteiger partial charge in [-0.1, -0.05) is 46.5 Å². The Morgan fingerprint density at radius 2 is 2.00 bits per heavy atom. The van der Waals surface area contributed by atoms with Gasteiger partial charge in [0.15, 0.2) is 11.5 Å². The summed E-state index contributed by atoms with van der Waals surface area (Å²) in [5.41, 5.74) is 1.75. The van der Waals surface area contributed by atoms with Gasteiger partial charge in [0.05, 0.1) is 12.1 Å². The van der Waals surface area contributed by atoms with Gasteiger partial charge in [0.25, 0.3) is 5.95 Å². The molecule has 0 bridgehead atoms. The fourth-order valence-corrected chi connectivity index (χ4v) is 2.68. The van der Waals surface area contributed by atoms with Gasteiger partial charge in [-0.25, -0.2) is 0 Å². The Labute approximate surface area is 154 Å². The van der Waals surface area contributed by atoms with E-state index in [9.17, 15) is 0 Å². The smallest absolute Gasteiger partial charge is 0.263 e. The summed E-state index contributed by atoms with van der Waals surface area (Å²) in [7, 11) is 1.56. The van der Waals surface area contributed by atoms with Crippen LogP contribution in [-0.2, 0) is 13.2 Å². The molecule has 0 radical (unpaired) electrons. The number of halogens is 2. The number of hydrogen-bond acceptors (Lipinski definition) is 6. The molecule has 0 fully saturated rings. The Morgan fingerprint density at radius 3 is 2.72 bits per heavy atom. The van der Waals surface area contributed by atoms with Crippen molar-refractivity contribution in [2.45, 2.75) is 13.2 Å². The molecule has 0 aliphatic carbocycles. The summed E-state index contributed by atoms with van der Waals surface area (Å²) in [5.74, 6) is 1.39. The summed E-state index contributed by atoms with van der Waals surface area (Å²) in [4.78, 5) is 0. The van der Waals surface area contributed by atoms with Crippen LogP contribution in [0.3, 0.4) is 0 Å². The minimum Gasteiger partial charge on any atom is -0.493 e. The van der Waals surface area contributed by atoms with Crippen molar-refractivity contribution in [3.63, 3.8) is 0 Å². The lowest BCUT2D eigenvalue weighted by Gasteiger charge is -2.15. The van der Waals surface area contributed by atoms with Gasteiger partial charge in [-0.3, -0.25) is 0 Å². The fraction of sp³-hybridized carbons (Fsp3) is 0.188. The molecule has 3 rings (SSSR count). The number of tetrazole rings is 1. The van der Waals surface area contributed by atoms with Gasteiger partial charge in [-0.15, -0.1) is 5.10 Å². The van der Waals surface area contributed by atoms with Gasteiger partial charge in [0.2, 0.25) is 0 Å². The van der Waals surface area contributed by atoms with Gasteiger partial charge in [0.1, 0.15) is 6.61 Å². The number of methoxy groups -OCH3 is 1. The van der Waals surface area contributed by atoms with Crippen molar-refractivity contribution < 1.29 is 9.47 Å². The number of nitrogens with one attached hydrogen (secondary N) is 2. The maximum Gasteiger partial charge on any atom is 0.263 e. The number of benzene rings is 2. The molecule has 0 spiro atoms. The van der Waals surface area contributed by atoms with Crippen molar-refractivity contribution in [3.05, 3.63) is 57.6 Å². The summed E-state index contributed by atoms with van der Waals surface area (Å²) in [6, 6.07) is 11.1. The highest BCUT2D eigenvalue weighted by Crippen LogP contribution is 2.37. The predicted octanol–water partition coefficient (Wildman–Crippen LogP) is 3.71. The van der Waals surface area contributed by atoms with Crippen molar-refractivity contribution >= 4 is 29.2 Å². The van der Waals surface area contributed by atoms with Crippen molar-refractivity contribution in [2.24, 2.45) is 0 Å². The summed E-state index contributed by atoms with van der Waals surface area (Å²) in [5, 5.41) is 17.6. The van der Waals surface area contributed by atoms with E-state index in [2.05, 4.69) is 25.9 Å². The summed E-state index contributed by atoms with van der Waals surface area (Å²) in [6.07, 6.45) is 0. The van der Waals surface area contributed by atoms with Crippen LogP contribution in [0.1, 0.15) is 11.1 Å². The maximum atomic E-state index is 6.36. The van der Waals surface area contributed by atoms with E-state index < -0.39 is 0 Å². The second-order valence-electron chi connectivity index (χ2n) is 5.08. The quantitative estimate of drug-likeness (QED) is 0.650. The lowest BCUT2D eigenvalue weighted by molar-refractivity contribution is 0.284. The molecule has 7 nitrogen and oxygen atoms in total. The van der Waals surface area contributed by atoms with Crippen LogP contribution in [0.2, 0.25) is 10.0 Å². The van der Waals surface area contributed by atoms with Gasteiger partial charge in [-0.05, 0) is 29.0 Å². The summed E-state index contributed by atoms with van der Waals surface area (Å²) < 4.78 is 11.2.